The normalized spacial score (nSPS) is 14.8. The van der Waals surface area contributed by atoms with Crippen molar-refractivity contribution in [3.8, 4) is 10.6 Å². The first kappa shape index (κ1) is 20.4. The maximum atomic E-state index is 12.8. The van der Waals surface area contributed by atoms with E-state index in [0.717, 1.165) is 43.7 Å². The van der Waals surface area contributed by atoms with Crippen LogP contribution >= 0.6 is 11.3 Å². The summed E-state index contributed by atoms with van der Waals surface area (Å²) in [6.45, 7) is 2.78. The zero-order valence-electron chi connectivity index (χ0n) is 14.9. The van der Waals surface area contributed by atoms with Crippen LogP contribution in [-0.2, 0) is 6.18 Å². The SMILES string of the molecule is CNC.Cc1c(-c2ccc(C(=O)N3CCCCC3)s2)noc1C(F)(F)F. The standard InChI is InChI=1S/C15H15F3N2O2S.C2H7N/c1-9-12(19-22-13(9)15(16,17)18)10-5-6-11(23-10)14(21)20-7-3-2-4-8-20;1-3-2/h5-6H,2-4,7-8H2,1H3;3H,1-2H3. The van der Waals surface area contributed by atoms with Crippen LogP contribution in [0.1, 0.15) is 40.3 Å². The number of thiophene rings is 1. The smallest absolute Gasteiger partial charge is 0.351 e. The number of carbonyl (C=O) groups excluding carboxylic acids is 1. The molecule has 0 spiro atoms. The summed E-state index contributed by atoms with van der Waals surface area (Å²) in [4.78, 5) is 15.2. The Kier molecular flexibility index (Phi) is 6.82. The average Bonchev–Trinajstić information content (AvgIpc) is 3.21. The van der Waals surface area contributed by atoms with Crippen LogP contribution in [0.4, 0.5) is 13.2 Å². The van der Waals surface area contributed by atoms with Gasteiger partial charge in [0.15, 0.2) is 0 Å². The highest BCUT2D eigenvalue weighted by Gasteiger charge is 2.39. The highest BCUT2D eigenvalue weighted by molar-refractivity contribution is 7.17. The molecule has 9 heteroatoms. The average molecular weight is 389 g/mol. The van der Waals surface area contributed by atoms with Crippen LogP contribution in [0.5, 0.6) is 0 Å². The number of nitrogens with one attached hydrogen (secondary N) is 1. The molecule has 0 unspecified atom stereocenters. The molecule has 3 rings (SSSR count). The molecule has 1 N–H and O–H groups in total. The summed E-state index contributed by atoms with van der Waals surface area (Å²) in [5, 5.41) is 6.28. The lowest BCUT2D eigenvalue weighted by Gasteiger charge is -2.26. The summed E-state index contributed by atoms with van der Waals surface area (Å²) >= 11 is 1.14. The van der Waals surface area contributed by atoms with Gasteiger partial charge in [-0.3, -0.25) is 4.79 Å². The van der Waals surface area contributed by atoms with E-state index in [1.807, 2.05) is 14.1 Å². The van der Waals surface area contributed by atoms with Gasteiger partial charge < -0.3 is 14.7 Å². The second kappa shape index (κ2) is 8.68. The number of halogens is 3. The minimum absolute atomic E-state index is 0.0590. The van der Waals surface area contributed by atoms with Crippen LogP contribution in [0.25, 0.3) is 10.6 Å². The van der Waals surface area contributed by atoms with Gasteiger partial charge in [-0.1, -0.05) is 5.16 Å². The van der Waals surface area contributed by atoms with Crippen LogP contribution in [0.15, 0.2) is 16.7 Å². The van der Waals surface area contributed by atoms with Gasteiger partial charge in [0.05, 0.1) is 9.75 Å². The summed E-state index contributed by atoms with van der Waals surface area (Å²) < 4.78 is 42.7. The molecule has 3 heterocycles. The number of rotatable bonds is 2. The Morgan fingerprint density at radius 3 is 2.38 bits per heavy atom. The maximum absolute atomic E-state index is 12.8. The number of nitrogens with zero attached hydrogens (tertiary/aromatic N) is 2. The fourth-order valence-electron chi connectivity index (χ4n) is 2.66. The summed E-state index contributed by atoms with van der Waals surface area (Å²) in [6, 6.07) is 3.26. The Morgan fingerprint density at radius 1 is 1.23 bits per heavy atom. The van der Waals surface area contributed by atoms with Gasteiger partial charge in [0.1, 0.15) is 5.69 Å². The molecule has 26 heavy (non-hydrogen) atoms. The number of carbonyl (C=O) groups is 1. The van der Waals surface area contributed by atoms with E-state index in [0.29, 0.717) is 9.75 Å². The lowest BCUT2D eigenvalue weighted by atomic mass is 10.1. The molecule has 2 aromatic heterocycles. The molecule has 1 aliphatic heterocycles. The number of hydrogen-bond donors (Lipinski definition) is 1. The number of piperidine rings is 1. The molecule has 0 bridgehead atoms. The van der Waals surface area contributed by atoms with Crippen LogP contribution in [0.2, 0.25) is 0 Å². The van der Waals surface area contributed by atoms with Gasteiger partial charge in [0.2, 0.25) is 5.76 Å². The van der Waals surface area contributed by atoms with Gasteiger partial charge >= 0.3 is 6.18 Å². The van der Waals surface area contributed by atoms with Crippen LogP contribution in [0, 0.1) is 6.92 Å². The Balaban J connectivity index is 0.000000758. The molecule has 0 radical (unpaired) electrons. The van der Waals surface area contributed by atoms with Gasteiger partial charge in [-0.25, -0.2) is 0 Å². The first-order valence-electron chi connectivity index (χ1n) is 8.31. The molecule has 1 amide bonds. The second-order valence-electron chi connectivity index (χ2n) is 6.00. The first-order valence-corrected chi connectivity index (χ1v) is 9.12. The van der Waals surface area contributed by atoms with Gasteiger partial charge in [0.25, 0.3) is 5.91 Å². The monoisotopic (exact) mass is 389 g/mol. The predicted octanol–water partition coefficient (Wildman–Crippen LogP) is 4.19. The summed E-state index contributed by atoms with van der Waals surface area (Å²) in [5.74, 6) is -1.16. The van der Waals surface area contributed by atoms with Gasteiger partial charge in [0, 0.05) is 18.7 Å². The van der Waals surface area contributed by atoms with Crippen molar-refractivity contribution in [2.24, 2.45) is 0 Å². The molecule has 1 fully saturated rings. The number of amides is 1. The molecular formula is C17H22F3N3O2S. The van der Waals surface area contributed by atoms with Crippen molar-refractivity contribution in [2.45, 2.75) is 32.4 Å². The van der Waals surface area contributed by atoms with E-state index in [2.05, 4.69) is 15.0 Å². The molecule has 0 aliphatic carbocycles. The van der Waals surface area contributed by atoms with E-state index in [1.54, 1.807) is 17.0 Å². The molecule has 2 aromatic rings. The third kappa shape index (κ3) is 4.64. The van der Waals surface area contributed by atoms with Crippen molar-refractivity contribution in [1.82, 2.24) is 15.4 Å². The fourth-order valence-corrected chi connectivity index (χ4v) is 3.68. The molecule has 0 aromatic carbocycles. The molecular weight excluding hydrogens is 367 g/mol. The summed E-state index contributed by atoms with van der Waals surface area (Å²) in [7, 11) is 3.75. The summed E-state index contributed by atoms with van der Waals surface area (Å²) in [6.07, 6.45) is -1.47. The third-order valence-electron chi connectivity index (χ3n) is 3.87. The lowest BCUT2D eigenvalue weighted by Crippen LogP contribution is -2.35. The maximum Gasteiger partial charge on any atom is 0.452 e. The van der Waals surface area contributed by atoms with E-state index in [-0.39, 0.29) is 17.2 Å². The van der Waals surface area contributed by atoms with Gasteiger partial charge in [-0.2, -0.15) is 13.2 Å². The Bertz CT molecular complexity index is 734. The molecule has 1 saturated heterocycles. The van der Waals surface area contributed by atoms with Gasteiger partial charge in [-0.05, 0) is 52.4 Å². The van der Waals surface area contributed by atoms with Crippen molar-refractivity contribution in [3.63, 3.8) is 0 Å². The van der Waals surface area contributed by atoms with Crippen LogP contribution in [-0.4, -0.2) is 43.1 Å². The highest BCUT2D eigenvalue weighted by atomic mass is 32.1. The Morgan fingerprint density at radius 2 is 1.85 bits per heavy atom. The van der Waals surface area contributed by atoms with E-state index < -0.39 is 11.9 Å². The molecule has 5 nitrogen and oxygen atoms in total. The van der Waals surface area contributed by atoms with E-state index in [4.69, 9.17) is 0 Å². The molecule has 0 atom stereocenters. The molecule has 144 valence electrons. The van der Waals surface area contributed by atoms with Crippen LogP contribution < -0.4 is 5.32 Å². The topological polar surface area (TPSA) is 58.4 Å². The first-order chi connectivity index (χ1) is 12.3. The number of alkyl halides is 3. The van der Waals surface area contributed by atoms with Crippen molar-refractivity contribution in [2.75, 3.05) is 27.2 Å². The fraction of sp³-hybridized carbons (Fsp3) is 0.529. The minimum atomic E-state index is -4.57. The lowest BCUT2D eigenvalue weighted by molar-refractivity contribution is -0.156. The second-order valence-corrected chi connectivity index (χ2v) is 7.08. The predicted molar refractivity (Wildman–Crippen MR) is 94.3 cm³/mol. The highest BCUT2D eigenvalue weighted by Crippen LogP contribution is 2.38. The quantitative estimate of drug-likeness (QED) is 0.837. The largest absolute Gasteiger partial charge is 0.452 e. The van der Waals surface area contributed by atoms with E-state index >= 15 is 0 Å². The van der Waals surface area contributed by atoms with Crippen molar-refractivity contribution >= 4 is 17.2 Å². The number of likely N-dealkylation sites (tertiary alicyclic amines) is 1. The van der Waals surface area contributed by atoms with Gasteiger partial charge in [-0.15, -0.1) is 11.3 Å². The molecule has 1 aliphatic rings. The van der Waals surface area contributed by atoms with E-state index in [9.17, 15) is 18.0 Å². The molecule has 0 saturated carbocycles. The van der Waals surface area contributed by atoms with Crippen LogP contribution in [0.3, 0.4) is 0 Å². The third-order valence-corrected chi connectivity index (χ3v) is 4.95. The van der Waals surface area contributed by atoms with Crippen molar-refractivity contribution in [1.29, 1.82) is 0 Å². The Labute approximate surface area is 154 Å². The number of aromatic nitrogens is 1. The van der Waals surface area contributed by atoms with E-state index in [1.165, 1.54) is 6.92 Å². The minimum Gasteiger partial charge on any atom is -0.351 e. The Hall–Kier alpha value is -1.87. The van der Waals surface area contributed by atoms with Crippen molar-refractivity contribution < 1.29 is 22.5 Å². The summed E-state index contributed by atoms with van der Waals surface area (Å²) in [5.41, 5.74) is 0.0799. The zero-order chi connectivity index (χ0) is 19.3. The van der Waals surface area contributed by atoms with Crippen molar-refractivity contribution in [3.05, 3.63) is 28.3 Å². The zero-order valence-corrected chi connectivity index (χ0v) is 15.8. The number of hydrogen-bond acceptors (Lipinski definition) is 5.